The average Bonchev–Trinajstić information content (AvgIpc) is 3.75. The van der Waals surface area contributed by atoms with Gasteiger partial charge in [0.15, 0.2) is 5.60 Å². The fourth-order valence-corrected chi connectivity index (χ4v) is 10.7. The molecule has 48 heavy (non-hydrogen) atoms. The van der Waals surface area contributed by atoms with Gasteiger partial charge in [-0.3, -0.25) is 14.3 Å². The van der Waals surface area contributed by atoms with Crippen LogP contribution in [0.25, 0.3) is 0 Å². The van der Waals surface area contributed by atoms with Crippen LogP contribution >= 0.6 is 0 Å². The van der Waals surface area contributed by atoms with Gasteiger partial charge in [0.05, 0.1) is 24.5 Å². The molecule has 5 atom stereocenters. The third-order valence-electron chi connectivity index (χ3n) is 10.3. The first-order valence-corrected chi connectivity index (χ1v) is 19.8. The van der Waals surface area contributed by atoms with E-state index in [4.69, 9.17) is 4.74 Å². The molecule has 2 fully saturated rings. The normalized spacial score (nSPS) is 24.8. The third-order valence-corrected chi connectivity index (χ3v) is 12.8. The Morgan fingerprint density at radius 1 is 1.04 bits per heavy atom. The summed E-state index contributed by atoms with van der Waals surface area (Å²) in [5.74, 6) is -0.468. The van der Waals surface area contributed by atoms with Crippen molar-refractivity contribution in [2.75, 3.05) is 16.3 Å². The van der Waals surface area contributed by atoms with Crippen LogP contribution in [0.2, 0.25) is 18.6 Å². The van der Waals surface area contributed by atoms with E-state index >= 15 is 4.11 Å². The van der Waals surface area contributed by atoms with Crippen molar-refractivity contribution in [2.45, 2.75) is 82.1 Å². The molecule has 0 aliphatic carbocycles. The molecule has 0 bridgehead atoms. The van der Waals surface area contributed by atoms with E-state index < -0.39 is 37.7 Å². The first-order chi connectivity index (χ1) is 23.1. The highest BCUT2D eigenvalue weighted by Gasteiger charge is 2.66. The Labute approximate surface area is 281 Å². The zero-order valence-corrected chi connectivity index (χ0v) is 28.6. The molecule has 11 heteroatoms. The maximum absolute atomic E-state index is 16.3. The number of ether oxygens (including phenoxy) is 1. The molecule has 250 valence electrons. The number of amides is 2. The van der Waals surface area contributed by atoms with Crippen LogP contribution in [0, 0.1) is 5.92 Å². The van der Waals surface area contributed by atoms with Crippen LogP contribution in [0.3, 0.4) is 0 Å². The van der Waals surface area contributed by atoms with E-state index in [0.717, 1.165) is 40.9 Å². The Hall–Kier alpha value is -4.19. The van der Waals surface area contributed by atoms with Crippen molar-refractivity contribution in [3.05, 3.63) is 107 Å². The topological polar surface area (TPSA) is 101 Å². The highest BCUT2D eigenvalue weighted by atomic mass is 28.4. The highest BCUT2D eigenvalue weighted by molar-refractivity contribution is 6.72. The van der Waals surface area contributed by atoms with Gasteiger partial charge in [0.25, 0.3) is 5.91 Å². The summed E-state index contributed by atoms with van der Waals surface area (Å²) >= 11 is 0. The van der Waals surface area contributed by atoms with Crippen molar-refractivity contribution in [2.24, 2.45) is 5.92 Å². The minimum atomic E-state index is -3.34. The Balaban J connectivity index is 1.15. The molecule has 0 radical (unpaired) electrons. The lowest BCUT2D eigenvalue weighted by atomic mass is 9.82. The molecular formula is C37H42FN5O4Si. The lowest BCUT2D eigenvalue weighted by Gasteiger charge is -2.31. The van der Waals surface area contributed by atoms with Gasteiger partial charge in [0.2, 0.25) is 14.3 Å². The predicted octanol–water partition coefficient (Wildman–Crippen LogP) is 6.29. The number of para-hydroxylation sites is 1. The number of fused-ring (bicyclic) bond motifs is 2. The Bertz CT molecular complexity index is 1810. The van der Waals surface area contributed by atoms with Gasteiger partial charge in [0, 0.05) is 42.2 Å². The number of aryl methyl sites for hydroxylation is 1. The summed E-state index contributed by atoms with van der Waals surface area (Å²) in [7, 11) is -3.34. The van der Waals surface area contributed by atoms with Gasteiger partial charge >= 0.3 is 0 Å². The number of piperidine rings is 1. The molecular weight excluding hydrogens is 626 g/mol. The second kappa shape index (κ2) is 12.7. The zero-order valence-electron chi connectivity index (χ0n) is 27.6. The fourth-order valence-electron chi connectivity index (χ4n) is 8.13. The molecule has 1 spiro atoms. The van der Waals surface area contributed by atoms with Gasteiger partial charge in [-0.05, 0) is 61.7 Å². The minimum Gasteiger partial charge on any atom is -0.382 e. The molecule has 1 N–H and O–H groups in total. The van der Waals surface area contributed by atoms with Crippen molar-refractivity contribution in [1.82, 2.24) is 15.0 Å². The Morgan fingerprint density at radius 2 is 1.81 bits per heavy atom. The molecule has 3 aromatic carbocycles. The molecule has 3 aliphatic rings. The fraction of sp³-hybridized carbons (Fsp3) is 0.405. The van der Waals surface area contributed by atoms with E-state index in [2.05, 4.69) is 10.3 Å². The van der Waals surface area contributed by atoms with Gasteiger partial charge in [-0.25, -0.2) is 0 Å². The molecule has 0 saturated carbocycles. The van der Waals surface area contributed by atoms with Crippen molar-refractivity contribution in [3.63, 3.8) is 0 Å². The van der Waals surface area contributed by atoms with E-state index in [9.17, 15) is 14.7 Å². The molecule has 2 amide bonds. The number of nitrogens with zero attached hydrogens (tertiary/aromatic N) is 5. The highest BCUT2D eigenvalue weighted by Crippen LogP contribution is 2.60. The van der Waals surface area contributed by atoms with Crippen LogP contribution < -0.4 is 9.80 Å². The summed E-state index contributed by atoms with van der Waals surface area (Å²) in [6, 6.07) is 24.8. The van der Waals surface area contributed by atoms with Crippen LogP contribution in [0.4, 0.5) is 15.5 Å². The number of hydrogen-bond donors (Lipinski definition) is 1. The Morgan fingerprint density at radius 3 is 2.58 bits per heavy atom. The number of carbonyl (C=O) groups excluding carboxylic acids is 2. The summed E-state index contributed by atoms with van der Waals surface area (Å²) in [6.45, 7) is 6.75. The summed E-state index contributed by atoms with van der Waals surface area (Å²) in [4.78, 5) is 31.0. The van der Waals surface area contributed by atoms with Gasteiger partial charge in [-0.2, -0.15) is 0 Å². The van der Waals surface area contributed by atoms with Crippen molar-refractivity contribution in [3.8, 4) is 0 Å². The maximum atomic E-state index is 16.3. The quantitative estimate of drug-likeness (QED) is 0.166. The average molecular weight is 668 g/mol. The number of halogens is 1. The number of benzene rings is 3. The number of anilines is 2. The largest absolute Gasteiger partial charge is 0.382 e. The van der Waals surface area contributed by atoms with Gasteiger partial charge < -0.3 is 23.8 Å². The lowest BCUT2D eigenvalue weighted by Crippen LogP contribution is -2.45. The minimum absolute atomic E-state index is 0.123. The van der Waals surface area contributed by atoms with E-state index in [1.807, 2.05) is 90.7 Å². The second-order valence-electron chi connectivity index (χ2n) is 13.9. The Kier molecular flexibility index (Phi) is 8.55. The lowest BCUT2D eigenvalue weighted by molar-refractivity contribution is -0.146. The number of rotatable bonds is 9. The summed E-state index contributed by atoms with van der Waals surface area (Å²) < 4.78 is 24.8. The van der Waals surface area contributed by atoms with Crippen molar-refractivity contribution in [1.29, 1.82) is 0 Å². The zero-order chi connectivity index (χ0) is 33.6. The first-order valence-electron chi connectivity index (χ1n) is 16.9. The molecule has 2 saturated heterocycles. The molecule has 7 rings (SSSR count). The summed E-state index contributed by atoms with van der Waals surface area (Å²) in [5.41, 5.74) is 2.67. The number of hydrogen-bond acceptors (Lipinski definition) is 6. The molecule has 0 unspecified atom stereocenters. The molecule has 4 aromatic rings. The number of aliphatic hydroxyl groups is 1. The molecule has 3 aliphatic heterocycles. The van der Waals surface area contributed by atoms with Crippen LogP contribution in [-0.4, -0.2) is 53.0 Å². The first kappa shape index (κ1) is 32.4. The van der Waals surface area contributed by atoms with E-state index in [1.54, 1.807) is 28.9 Å². The van der Waals surface area contributed by atoms with Crippen LogP contribution in [0.1, 0.15) is 61.1 Å². The summed E-state index contributed by atoms with van der Waals surface area (Å²) in [5, 5.41) is 19.3. The van der Waals surface area contributed by atoms with Crippen molar-refractivity contribution < 1.29 is 23.5 Å². The van der Waals surface area contributed by atoms with Gasteiger partial charge in [-0.1, -0.05) is 72.8 Å². The standard InChI is InChI=1S/C37H42FN5O4Si/c1-25-35(48(2,3)38)32(19-21-41-24-30(39-40-41)34(45)27-13-5-4-6-14-27)47-37(25)29-16-7-8-17-31(29)43(36(37)46)23-26-12-11-15-28(22-26)42-20-10-9-18-33(42)44/h4-8,11-17,22,24-25,32,34-35,45H,9-10,18-21,23H2,1-3H3/t25-,32+,34-,35-,37+/m1/s1. The second-order valence-corrected chi connectivity index (χ2v) is 17.7. The number of aromatic nitrogens is 3. The predicted molar refractivity (Wildman–Crippen MR) is 183 cm³/mol. The maximum Gasteiger partial charge on any atom is 0.264 e. The molecule has 1 aromatic heterocycles. The van der Waals surface area contributed by atoms with Crippen molar-refractivity contribution >= 4 is 31.6 Å². The van der Waals surface area contributed by atoms with Crippen LogP contribution in [0.5, 0.6) is 0 Å². The molecule has 4 heterocycles. The SMILES string of the molecule is C[C@@H]1[C@@H]([Si](C)(C)F)[C@H](CCn2cc([C@H](O)c3ccccc3)nn2)O[C@@]12C(=O)N(Cc1cccc(N3CCCCC3=O)c1)c1ccccc12. The molecule has 9 nitrogen and oxygen atoms in total. The smallest absolute Gasteiger partial charge is 0.264 e. The van der Waals surface area contributed by atoms with Crippen LogP contribution in [-0.2, 0) is 33.0 Å². The number of aliphatic hydroxyl groups excluding tert-OH is 1. The summed E-state index contributed by atoms with van der Waals surface area (Å²) in [6.07, 6.45) is 3.14. The van der Waals surface area contributed by atoms with Gasteiger partial charge in [0.1, 0.15) is 11.8 Å². The third kappa shape index (κ3) is 5.67. The van der Waals surface area contributed by atoms with Crippen LogP contribution in [0.15, 0.2) is 85.1 Å². The van der Waals surface area contributed by atoms with E-state index in [-0.39, 0.29) is 11.8 Å². The monoisotopic (exact) mass is 667 g/mol. The van der Waals surface area contributed by atoms with E-state index in [1.165, 1.54) is 0 Å². The number of carbonyl (C=O) groups is 2. The van der Waals surface area contributed by atoms with E-state index in [0.29, 0.717) is 38.2 Å². The van der Waals surface area contributed by atoms with Gasteiger partial charge in [-0.15, -0.1) is 5.10 Å².